The van der Waals surface area contributed by atoms with Gasteiger partial charge in [-0.25, -0.2) is 0 Å². The van der Waals surface area contributed by atoms with Crippen molar-refractivity contribution in [1.82, 2.24) is 0 Å². The number of ether oxygens (including phenoxy) is 1. The quantitative estimate of drug-likeness (QED) is 0.801. The maximum Gasteiger partial charge on any atom is 0.134 e. The molecule has 0 bridgehead atoms. The summed E-state index contributed by atoms with van der Waals surface area (Å²) in [5.74, 6) is 0.707. The van der Waals surface area contributed by atoms with E-state index in [0.717, 1.165) is 10.0 Å². The van der Waals surface area contributed by atoms with Crippen molar-refractivity contribution in [3.05, 3.63) is 56.5 Å². The van der Waals surface area contributed by atoms with Crippen LogP contribution in [0.4, 0.5) is 5.69 Å². The van der Waals surface area contributed by atoms with Gasteiger partial charge in [0.1, 0.15) is 12.4 Å². The molecule has 2 nitrogen and oxygen atoms in total. The second-order valence-electron chi connectivity index (χ2n) is 3.71. The minimum absolute atomic E-state index is 0.354. The molecule has 0 spiro atoms. The Hall–Kier alpha value is -0.900. The molecule has 94 valence electrons. The fraction of sp³-hybridized carbons (Fsp3) is 0.0769. The Bertz CT molecular complexity index is 575. The predicted octanol–water partition coefficient (Wildman–Crippen LogP) is 4.92. The summed E-state index contributed by atoms with van der Waals surface area (Å²) in [6.45, 7) is 0.354. The molecule has 5 heteroatoms. The second kappa shape index (κ2) is 5.83. The van der Waals surface area contributed by atoms with Gasteiger partial charge in [-0.3, -0.25) is 0 Å². The number of benzene rings is 2. The third kappa shape index (κ3) is 3.31. The molecule has 0 aromatic heterocycles. The predicted molar refractivity (Wildman–Crippen MR) is 79.3 cm³/mol. The highest BCUT2D eigenvalue weighted by Crippen LogP contribution is 2.29. The van der Waals surface area contributed by atoms with Crippen molar-refractivity contribution in [2.24, 2.45) is 0 Å². The van der Waals surface area contributed by atoms with E-state index in [1.165, 1.54) is 0 Å². The Morgan fingerprint density at radius 1 is 1.06 bits per heavy atom. The van der Waals surface area contributed by atoms with E-state index < -0.39 is 0 Å². The molecule has 0 unspecified atom stereocenters. The van der Waals surface area contributed by atoms with Gasteiger partial charge in [0.2, 0.25) is 0 Å². The number of anilines is 1. The summed E-state index contributed by atoms with van der Waals surface area (Å²) in [5.41, 5.74) is 7.35. The smallest absolute Gasteiger partial charge is 0.134 e. The van der Waals surface area contributed by atoms with Gasteiger partial charge in [-0.15, -0.1) is 0 Å². The third-order valence-corrected chi connectivity index (χ3v) is 3.47. The summed E-state index contributed by atoms with van der Waals surface area (Å²) < 4.78 is 6.47. The number of rotatable bonds is 3. The van der Waals surface area contributed by atoms with Gasteiger partial charge in [0, 0.05) is 21.3 Å². The molecule has 2 aromatic carbocycles. The van der Waals surface area contributed by atoms with E-state index in [4.69, 9.17) is 33.7 Å². The van der Waals surface area contributed by atoms with Gasteiger partial charge in [-0.05, 0) is 52.3 Å². The largest absolute Gasteiger partial charge is 0.488 e. The molecule has 0 aliphatic carbocycles. The molecule has 2 N–H and O–H groups in total. The Morgan fingerprint density at radius 2 is 1.72 bits per heavy atom. The molecular formula is C13H10BrCl2NO. The zero-order chi connectivity index (χ0) is 13.1. The minimum atomic E-state index is 0.354. The van der Waals surface area contributed by atoms with Gasteiger partial charge in [0.05, 0.1) is 4.47 Å². The van der Waals surface area contributed by atoms with E-state index in [1.807, 2.05) is 0 Å². The van der Waals surface area contributed by atoms with Crippen molar-refractivity contribution >= 4 is 44.8 Å². The van der Waals surface area contributed by atoms with Gasteiger partial charge in [0.15, 0.2) is 0 Å². The Balaban J connectivity index is 2.13. The van der Waals surface area contributed by atoms with Crippen LogP contribution in [0, 0.1) is 0 Å². The Labute approximate surface area is 124 Å². The maximum atomic E-state index is 5.91. The van der Waals surface area contributed by atoms with Crippen LogP contribution < -0.4 is 10.5 Å². The van der Waals surface area contributed by atoms with E-state index in [2.05, 4.69) is 15.9 Å². The summed E-state index contributed by atoms with van der Waals surface area (Å²) in [6, 6.07) is 10.6. The van der Waals surface area contributed by atoms with E-state index in [9.17, 15) is 0 Å². The summed E-state index contributed by atoms with van der Waals surface area (Å²) >= 11 is 15.2. The normalized spacial score (nSPS) is 10.4. The van der Waals surface area contributed by atoms with Gasteiger partial charge < -0.3 is 10.5 Å². The number of halogens is 3. The van der Waals surface area contributed by atoms with Crippen LogP contribution in [0.15, 0.2) is 40.9 Å². The number of hydrogen-bond acceptors (Lipinski definition) is 2. The SMILES string of the molecule is Nc1ccc(Cl)cc1COc1ccc(Cl)cc1Br. The monoisotopic (exact) mass is 345 g/mol. The average molecular weight is 347 g/mol. The van der Waals surface area contributed by atoms with Gasteiger partial charge in [-0.2, -0.15) is 0 Å². The highest BCUT2D eigenvalue weighted by atomic mass is 79.9. The molecule has 0 aliphatic heterocycles. The molecule has 0 saturated carbocycles. The zero-order valence-corrected chi connectivity index (χ0v) is 12.4. The first-order valence-corrected chi connectivity index (χ1v) is 6.73. The molecule has 0 heterocycles. The van der Waals surface area contributed by atoms with Crippen molar-refractivity contribution < 1.29 is 4.74 Å². The van der Waals surface area contributed by atoms with Crippen molar-refractivity contribution in [2.75, 3.05) is 5.73 Å². The summed E-state index contributed by atoms with van der Waals surface area (Å²) in [5, 5.41) is 1.29. The van der Waals surface area contributed by atoms with E-state index >= 15 is 0 Å². The number of hydrogen-bond donors (Lipinski definition) is 1. The topological polar surface area (TPSA) is 35.2 Å². The summed E-state index contributed by atoms with van der Waals surface area (Å²) in [6.07, 6.45) is 0. The highest BCUT2D eigenvalue weighted by molar-refractivity contribution is 9.10. The zero-order valence-electron chi connectivity index (χ0n) is 9.29. The number of nitrogens with two attached hydrogens (primary N) is 1. The molecule has 0 fully saturated rings. The van der Waals surface area contributed by atoms with Crippen LogP contribution in [0.1, 0.15) is 5.56 Å². The molecule has 18 heavy (non-hydrogen) atoms. The molecule has 0 atom stereocenters. The summed E-state index contributed by atoms with van der Waals surface area (Å²) in [7, 11) is 0. The van der Waals surface area contributed by atoms with Crippen molar-refractivity contribution in [3.8, 4) is 5.75 Å². The highest BCUT2D eigenvalue weighted by Gasteiger charge is 2.05. The molecular weight excluding hydrogens is 337 g/mol. The maximum absolute atomic E-state index is 5.91. The van der Waals surface area contributed by atoms with E-state index in [1.54, 1.807) is 36.4 Å². The van der Waals surface area contributed by atoms with E-state index in [0.29, 0.717) is 28.1 Å². The van der Waals surface area contributed by atoms with Crippen LogP contribution in [-0.2, 0) is 6.61 Å². The van der Waals surface area contributed by atoms with Gasteiger partial charge >= 0.3 is 0 Å². The first-order chi connectivity index (χ1) is 8.56. The lowest BCUT2D eigenvalue weighted by Gasteiger charge is -2.10. The van der Waals surface area contributed by atoms with E-state index in [-0.39, 0.29) is 0 Å². The first kappa shape index (κ1) is 13.5. The Kier molecular flexibility index (Phi) is 4.38. The van der Waals surface area contributed by atoms with Crippen LogP contribution in [0.2, 0.25) is 10.0 Å². The lowest BCUT2D eigenvalue weighted by atomic mass is 10.2. The van der Waals surface area contributed by atoms with Crippen LogP contribution in [0.25, 0.3) is 0 Å². The van der Waals surface area contributed by atoms with Crippen LogP contribution in [0.5, 0.6) is 5.75 Å². The number of nitrogen functional groups attached to an aromatic ring is 1. The minimum Gasteiger partial charge on any atom is -0.488 e. The van der Waals surface area contributed by atoms with Crippen LogP contribution >= 0.6 is 39.1 Å². The van der Waals surface area contributed by atoms with Crippen LogP contribution in [-0.4, -0.2) is 0 Å². The molecule has 0 radical (unpaired) electrons. The summed E-state index contributed by atoms with van der Waals surface area (Å²) in [4.78, 5) is 0. The van der Waals surface area contributed by atoms with Crippen molar-refractivity contribution in [2.45, 2.75) is 6.61 Å². The molecule has 0 saturated heterocycles. The standard InChI is InChI=1S/C13H10BrCl2NO/c14-11-6-10(16)2-4-13(11)18-7-8-5-9(15)1-3-12(8)17/h1-6H,7,17H2. The lowest BCUT2D eigenvalue weighted by Crippen LogP contribution is -2.00. The average Bonchev–Trinajstić information content (AvgIpc) is 2.32. The first-order valence-electron chi connectivity index (χ1n) is 5.18. The molecule has 0 aliphatic rings. The fourth-order valence-electron chi connectivity index (χ4n) is 1.45. The molecule has 2 aromatic rings. The van der Waals surface area contributed by atoms with Gasteiger partial charge in [0.25, 0.3) is 0 Å². The second-order valence-corrected chi connectivity index (χ2v) is 5.43. The fourth-order valence-corrected chi connectivity index (χ4v) is 2.44. The Morgan fingerprint density at radius 3 is 2.44 bits per heavy atom. The van der Waals surface area contributed by atoms with Gasteiger partial charge in [-0.1, -0.05) is 23.2 Å². The lowest BCUT2D eigenvalue weighted by molar-refractivity contribution is 0.305. The third-order valence-electron chi connectivity index (χ3n) is 2.38. The molecule has 0 amide bonds. The van der Waals surface area contributed by atoms with Crippen LogP contribution in [0.3, 0.4) is 0 Å². The molecule has 2 rings (SSSR count). The van der Waals surface area contributed by atoms with Crippen molar-refractivity contribution in [1.29, 1.82) is 0 Å². The van der Waals surface area contributed by atoms with Crippen molar-refractivity contribution in [3.63, 3.8) is 0 Å².